The molecule has 0 bridgehead atoms. The minimum absolute atomic E-state index is 0.00354. The van der Waals surface area contributed by atoms with Gasteiger partial charge >= 0.3 is 0 Å². The molecule has 1 N–H and O–H groups in total. The number of fused-ring (bicyclic) bond motifs is 1. The van der Waals surface area contributed by atoms with E-state index < -0.39 is 0 Å². The maximum absolute atomic E-state index is 12.8. The van der Waals surface area contributed by atoms with Crippen LogP contribution in [0.4, 0.5) is 0 Å². The van der Waals surface area contributed by atoms with Crippen LogP contribution in [-0.4, -0.2) is 35.7 Å². The predicted octanol–water partition coefficient (Wildman–Crippen LogP) is 2.55. The van der Waals surface area contributed by atoms with Gasteiger partial charge in [-0.25, -0.2) is 4.98 Å². The van der Waals surface area contributed by atoms with Crippen LogP contribution in [0.2, 0.25) is 0 Å². The van der Waals surface area contributed by atoms with Crippen molar-refractivity contribution in [1.82, 2.24) is 14.9 Å². The van der Waals surface area contributed by atoms with Crippen molar-refractivity contribution in [2.24, 2.45) is 0 Å². The molecular weight excluding hydrogens is 370 g/mol. The molecule has 3 rings (SSSR count). The lowest BCUT2D eigenvalue weighted by Crippen LogP contribution is -2.37. The number of benzene rings is 2. The number of carbonyl (C=O) groups excluding carboxylic acids is 1. The van der Waals surface area contributed by atoms with Gasteiger partial charge in [0.25, 0.3) is 5.56 Å². The Morgan fingerprint density at radius 1 is 1.14 bits per heavy atom. The summed E-state index contributed by atoms with van der Waals surface area (Å²) in [5.74, 6) is 0.708. The first-order chi connectivity index (χ1) is 14.0. The Bertz CT molecular complexity index is 1050. The number of nitrogens with zero attached hydrogens (tertiary/aromatic N) is 2. The molecule has 0 saturated carbocycles. The van der Waals surface area contributed by atoms with Crippen molar-refractivity contribution in [3.8, 4) is 11.5 Å². The van der Waals surface area contributed by atoms with Gasteiger partial charge in [0.1, 0.15) is 6.54 Å². The van der Waals surface area contributed by atoms with Crippen LogP contribution in [0.5, 0.6) is 11.5 Å². The molecule has 0 aliphatic carbocycles. The highest BCUT2D eigenvalue weighted by atomic mass is 16.5. The number of hydrogen-bond donors (Lipinski definition) is 1. The maximum Gasteiger partial charge on any atom is 0.261 e. The smallest absolute Gasteiger partial charge is 0.261 e. The van der Waals surface area contributed by atoms with E-state index >= 15 is 0 Å². The first-order valence-corrected chi connectivity index (χ1v) is 9.46. The molecule has 3 aromatic rings. The van der Waals surface area contributed by atoms with E-state index in [9.17, 15) is 9.59 Å². The van der Waals surface area contributed by atoms with Gasteiger partial charge in [-0.15, -0.1) is 0 Å². The summed E-state index contributed by atoms with van der Waals surface area (Å²) in [4.78, 5) is 29.5. The Kier molecular flexibility index (Phi) is 6.49. The Hall–Kier alpha value is -3.35. The fraction of sp³-hybridized carbons (Fsp3) is 0.318. The number of carbonyl (C=O) groups is 1. The Morgan fingerprint density at radius 3 is 2.52 bits per heavy atom. The number of methoxy groups -OCH3 is 2. The third kappa shape index (κ3) is 4.93. The maximum atomic E-state index is 12.8. The van der Waals surface area contributed by atoms with Crippen molar-refractivity contribution in [2.75, 3.05) is 14.2 Å². The van der Waals surface area contributed by atoms with E-state index in [-0.39, 0.29) is 24.1 Å². The van der Waals surface area contributed by atoms with E-state index in [2.05, 4.69) is 22.4 Å². The molecule has 0 aliphatic rings. The number of ether oxygens (including phenoxy) is 2. The van der Waals surface area contributed by atoms with Crippen LogP contribution in [0.15, 0.2) is 53.6 Å². The zero-order valence-corrected chi connectivity index (χ0v) is 16.8. The summed E-state index contributed by atoms with van der Waals surface area (Å²) in [6, 6.07) is 13.3. The summed E-state index contributed by atoms with van der Waals surface area (Å²) in [6.07, 6.45) is 3.07. The quantitative estimate of drug-likeness (QED) is 0.634. The fourth-order valence-electron chi connectivity index (χ4n) is 3.17. The summed E-state index contributed by atoms with van der Waals surface area (Å²) in [5.41, 5.74) is 1.41. The molecule has 1 heterocycles. The van der Waals surface area contributed by atoms with Gasteiger partial charge in [0, 0.05) is 12.1 Å². The fourth-order valence-corrected chi connectivity index (χ4v) is 3.17. The van der Waals surface area contributed by atoms with Crippen molar-refractivity contribution in [2.45, 2.75) is 32.4 Å². The molecule has 29 heavy (non-hydrogen) atoms. The highest BCUT2D eigenvalue weighted by molar-refractivity contribution is 5.82. The molecular formula is C22H25N3O4. The van der Waals surface area contributed by atoms with Crippen LogP contribution in [0.1, 0.15) is 18.9 Å². The van der Waals surface area contributed by atoms with E-state index in [1.165, 1.54) is 30.7 Å². The van der Waals surface area contributed by atoms with Gasteiger partial charge in [-0.05, 0) is 31.4 Å². The molecule has 7 nitrogen and oxygen atoms in total. The third-order valence-electron chi connectivity index (χ3n) is 4.76. The first-order valence-electron chi connectivity index (χ1n) is 9.46. The van der Waals surface area contributed by atoms with Crippen molar-refractivity contribution < 1.29 is 14.3 Å². The minimum atomic E-state index is -0.303. The molecule has 0 fully saturated rings. The molecule has 0 spiro atoms. The summed E-state index contributed by atoms with van der Waals surface area (Å²) < 4.78 is 11.8. The SMILES string of the molecule is COc1cc2ncn(CC(=O)NC(C)CCc3ccccc3)c(=O)c2cc1OC. The highest BCUT2D eigenvalue weighted by Gasteiger charge is 2.14. The third-order valence-corrected chi connectivity index (χ3v) is 4.76. The molecule has 1 atom stereocenters. The largest absolute Gasteiger partial charge is 0.493 e. The van der Waals surface area contributed by atoms with Crippen LogP contribution in [-0.2, 0) is 17.8 Å². The van der Waals surface area contributed by atoms with E-state index in [4.69, 9.17) is 9.47 Å². The number of amides is 1. The van der Waals surface area contributed by atoms with E-state index in [1.807, 2.05) is 25.1 Å². The Morgan fingerprint density at radius 2 is 1.83 bits per heavy atom. The van der Waals surface area contributed by atoms with Crippen molar-refractivity contribution in [3.05, 3.63) is 64.7 Å². The predicted molar refractivity (Wildman–Crippen MR) is 111 cm³/mol. The summed E-state index contributed by atoms with van der Waals surface area (Å²) in [6.45, 7) is 1.87. The van der Waals surface area contributed by atoms with E-state index in [1.54, 1.807) is 12.1 Å². The summed E-state index contributed by atoms with van der Waals surface area (Å²) in [7, 11) is 3.02. The van der Waals surface area contributed by atoms with Crippen molar-refractivity contribution in [3.63, 3.8) is 0 Å². The lowest BCUT2D eigenvalue weighted by molar-refractivity contribution is -0.122. The van der Waals surface area contributed by atoms with Gasteiger partial charge in [-0.1, -0.05) is 30.3 Å². The first kappa shape index (κ1) is 20.4. The summed E-state index contributed by atoms with van der Waals surface area (Å²) >= 11 is 0. The lowest BCUT2D eigenvalue weighted by Gasteiger charge is -2.15. The number of aromatic nitrogens is 2. The van der Waals surface area contributed by atoms with Gasteiger partial charge in [0.05, 0.1) is 31.4 Å². The second kappa shape index (κ2) is 9.23. The Balaban J connectivity index is 1.68. The van der Waals surface area contributed by atoms with Gasteiger partial charge in [-0.2, -0.15) is 0 Å². The van der Waals surface area contributed by atoms with Crippen LogP contribution >= 0.6 is 0 Å². The molecule has 7 heteroatoms. The van der Waals surface area contributed by atoms with Gasteiger partial charge < -0.3 is 14.8 Å². The standard InChI is InChI=1S/C22H25N3O4/c1-15(9-10-16-7-5-4-6-8-16)24-21(26)13-25-14-23-18-12-20(29-3)19(28-2)11-17(18)22(25)27/h4-8,11-12,14-15H,9-10,13H2,1-3H3,(H,24,26). The normalized spacial score (nSPS) is 11.8. The number of aryl methyl sites for hydroxylation is 1. The lowest BCUT2D eigenvalue weighted by atomic mass is 10.1. The van der Waals surface area contributed by atoms with Crippen LogP contribution < -0.4 is 20.3 Å². The average molecular weight is 395 g/mol. The molecule has 1 aromatic heterocycles. The molecule has 1 unspecified atom stereocenters. The van der Waals surface area contributed by atoms with Crippen LogP contribution in [0, 0.1) is 0 Å². The zero-order chi connectivity index (χ0) is 20.8. The average Bonchev–Trinajstić information content (AvgIpc) is 2.74. The molecule has 1 amide bonds. The van der Waals surface area contributed by atoms with Gasteiger partial charge in [0.15, 0.2) is 11.5 Å². The molecule has 0 radical (unpaired) electrons. The van der Waals surface area contributed by atoms with Gasteiger partial charge in [0.2, 0.25) is 5.91 Å². The van der Waals surface area contributed by atoms with Crippen molar-refractivity contribution in [1.29, 1.82) is 0 Å². The molecule has 152 valence electrons. The van der Waals surface area contributed by atoms with Gasteiger partial charge in [-0.3, -0.25) is 14.2 Å². The minimum Gasteiger partial charge on any atom is -0.493 e. The zero-order valence-electron chi connectivity index (χ0n) is 16.8. The Labute approximate surface area is 169 Å². The second-order valence-corrected chi connectivity index (χ2v) is 6.89. The number of hydrogen-bond acceptors (Lipinski definition) is 5. The number of rotatable bonds is 8. The highest BCUT2D eigenvalue weighted by Crippen LogP contribution is 2.29. The number of nitrogens with one attached hydrogen (secondary N) is 1. The van der Waals surface area contributed by atoms with Crippen LogP contribution in [0.25, 0.3) is 10.9 Å². The summed E-state index contributed by atoms with van der Waals surface area (Å²) in [5, 5.41) is 3.31. The molecule has 0 aliphatic heterocycles. The molecule has 2 aromatic carbocycles. The van der Waals surface area contributed by atoms with E-state index in [0.29, 0.717) is 22.4 Å². The van der Waals surface area contributed by atoms with E-state index in [0.717, 1.165) is 12.8 Å². The second-order valence-electron chi connectivity index (χ2n) is 6.89. The van der Waals surface area contributed by atoms with Crippen LogP contribution in [0.3, 0.4) is 0 Å². The topological polar surface area (TPSA) is 82.5 Å². The molecule has 0 saturated heterocycles. The monoisotopic (exact) mass is 395 g/mol. The van der Waals surface area contributed by atoms with Crippen molar-refractivity contribution >= 4 is 16.8 Å².